The first-order valence-electron chi connectivity index (χ1n) is 3.32. The van der Waals surface area contributed by atoms with E-state index in [0.717, 1.165) is 6.07 Å². The van der Waals surface area contributed by atoms with E-state index in [4.69, 9.17) is 23.2 Å². The number of halogens is 4. The van der Waals surface area contributed by atoms with Crippen molar-refractivity contribution in [1.82, 2.24) is 4.98 Å². The lowest BCUT2D eigenvalue weighted by molar-refractivity contribution is 0.145. The second-order valence-corrected chi connectivity index (χ2v) is 2.99. The molecule has 0 aromatic carbocycles. The molecule has 6 heteroatoms. The molecular weight excluding hydrogens is 223 g/mol. The third-order valence-corrected chi connectivity index (χ3v) is 2.04. The summed E-state index contributed by atoms with van der Waals surface area (Å²) in [7, 11) is 0. The van der Waals surface area contributed by atoms with Crippen LogP contribution in [-0.2, 0) is 5.88 Å². The Hall–Kier alpha value is -0.610. The van der Waals surface area contributed by atoms with Gasteiger partial charge in [-0.1, -0.05) is 11.6 Å². The Labute approximate surface area is 82.5 Å². The highest BCUT2D eigenvalue weighted by molar-refractivity contribution is 6.30. The molecular formula is C7H5Cl2F2NO. The number of aromatic amines is 1. The van der Waals surface area contributed by atoms with Gasteiger partial charge in [-0.15, -0.1) is 11.6 Å². The summed E-state index contributed by atoms with van der Waals surface area (Å²) >= 11 is 10.8. The van der Waals surface area contributed by atoms with E-state index in [2.05, 4.69) is 0 Å². The number of hydrogen-bond acceptors (Lipinski definition) is 1. The van der Waals surface area contributed by atoms with Crippen molar-refractivity contribution >= 4 is 23.2 Å². The molecule has 0 radical (unpaired) electrons. The minimum absolute atomic E-state index is 0.115. The fourth-order valence-electron chi connectivity index (χ4n) is 0.864. The molecule has 0 aliphatic rings. The number of pyridine rings is 1. The first-order valence-corrected chi connectivity index (χ1v) is 4.23. The minimum Gasteiger partial charge on any atom is -0.320 e. The van der Waals surface area contributed by atoms with E-state index >= 15 is 0 Å². The van der Waals surface area contributed by atoms with Gasteiger partial charge in [0, 0.05) is 5.88 Å². The van der Waals surface area contributed by atoms with E-state index in [9.17, 15) is 13.6 Å². The molecule has 72 valence electrons. The molecule has 0 fully saturated rings. The Balaban J connectivity index is 3.33. The first-order chi connectivity index (χ1) is 6.06. The van der Waals surface area contributed by atoms with Crippen LogP contribution in [0.25, 0.3) is 0 Å². The van der Waals surface area contributed by atoms with Crippen LogP contribution < -0.4 is 5.56 Å². The van der Waals surface area contributed by atoms with Crippen LogP contribution in [-0.4, -0.2) is 4.98 Å². The van der Waals surface area contributed by atoms with Gasteiger partial charge in [0.05, 0.1) is 5.69 Å². The summed E-state index contributed by atoms with van der Waals surface area (Å²) in [5, 5.41) is -0.139. The van der Waals surface area contributed by atoms with Crippen molar-refractivity contribution in [2.45, 2.75) is 12.3 Å². The Morgan fingerprint density at radius 1 is 1.54 bits per heavy atom. The molecule has 1 heterocycles. The van der Waals surface area contributed by atoms with Crippen molar-refractivity contribution < 1.29 is 8.78 Å². The van der Waals surface area contributed by atoms with Crippen molar-refractivity contribution in [3.63, 3.8) is 0 Å². The summed E-state index contributed by atoms with van der Waals surface area (Å²) in [6, 6.07) is 1.15. The van der Waals surface area contributed by atoms with Crippen LogP contribution in [0.5, 0.6) is 0 Å². The van der Waals surface area contributed by atoms with E-state index in [1.165, 1.54) is 0 Å². The van der Waals surface area contributed by atoms with Crippen LogP contribution in [0.4, 0.5) is 8.78 Å². The Morgan fingerprint density at radius 3 is 2.62 bits per heavy atom. The molecule has 0 atom stereocenters. The molecule has 13 heavy (non-hydrogen) atoms. The molecule has 0 bridgehead atoms. The summed E-state index contributed by atoms with van der Waals surface area (Å²) in [5.41, 5.74) is -1.06. The van der Waals surface area contributed by atoms with E-state index in [1.54, 1.807) is 0 Å². The van der Waals surface area contributed by atoms with Crippen LogP contribution in [0.1, 0.15) is 17.7 Å². The smallest absolute Gasteiger partial charge is 0.278 e. The van der Waals surface area contributed by atoms with Gasteiger partial charge >= 0.3 is 0 Å². The summed E-state index contributed by atoms with van der Waals surface area (Å²) < 4.78 is 24.5. The highest BCUT2D eigenvalue weighted by Gasteiger charge is 2.14. The SMILES string of the molecule is O=c1[nH]c(C(F)F)c(CCl)cc1Cl. The van der Waals surface area contributed by atoms with Crippen LogP contribution in [0.3, 0.4) is 0 Å². The van der Waals surface area contributed by atoms with E-state index in [0.29, 0.717) is 0 Å². The monoisotopic (exact) mass is 227 g/mol. The zero-order valence-corrected chi connectivity index (χ0v) is 7.79. The van der Waals surface area contributed by atoms with Gasteiger partial charge in [0.2, 0.25) is 0 Å². The van der Waals surface area contributed by atoms with Gasteiger partial charge in [-0.2, -0.15) is 0 Å². The molecule has 1 aromatic heterocycles. The van der Waals surface area contributed by atoms with Gasteiger partial charge in [-0.05, 0) is 11.6 Å². The second kappa shape index (κ2) is 4.07. The summed E-state index contributed by atoms with van der Waals surface area (Å²) in [6.45, 7) is 0. The summed E-state index contributed by atoms with van der Waals surface area (Å²) in [5.74, 6) is -0.115. The first kappa shape index (κ1) is 10.5. The van der Waals surface area contributed by atoms with Gasteiger partial charge in [0.15, 0.2) is 0 Å². The van der Waals surface area contributed by atoms with Crippen molar-refractivity contribution in [2.75, 3.05) is 0 Å². The van der Waals surface area contributed by atoms with Crippen LogP contribution in [0, 0.1) is 0 Å². The predicted octanol–water partition coefficient (Wildman–Crippen LogP) is 2.70. The Morgan fingerprint density at radius 2 is 2.15 bits per heavy atom. The predicted molar refractivity (Wildman–Crippen MR) is 46.6 cm³/mol. The van der Waals surface area contributed by atoms with Crippen molar-refractivity contribution in [3.05, 3.63) is 32.7 Å². The number of aromatic nitrogens is 1. The maximum absolute atomic E-state index is 12.3. The van der Waals surface area contributed by atoms with Gasteiger partial charge in [-0.3, -0.25) is 4.79 Å². The Kier molecular flexibility index (Phi) is 3.27. The third kappa shape index (κ3) is 2.19. The van der Waals surface area contributed by atoms with E-state index < -0.39 is 17.7 Å². The van der Waals surface area contributed by atoms with Gasteiger partial charge in [0.1, 0.15) is 5.02 Å². The number of alkyl halides is 3. The zero-order valence-electron chi connectivity index (χ0n) is 6.28. The lowest BCUT2D eigenvalue weighted by Gasteiger charge is -2.05. The zero-order chi connectivity index (χ0) is 10.0. The average Bonchev–Trinajstić information content (AvgIpc) is 2.08. The van der Waals surface area contributed by atoms with E-state index in [-0.39, 0.29) is 16.5 Å². The van der Waals surface area contributed by atoms with Crippen molar-refractivity contribution in [1.29, 1.82) is 0 Å². The van der Waals surface area contributed by atoms with Crippen LogP contribution in [0.2, 0.25) is 5.02 Å². The molecule has 0 aliphatic carbocycles. The fourth-order valence-corrected chi connectivity index (χ4v) is 1.26. The van der Waals surface area contributed by atoms with Gasteiger partial charge in [-0.25, -0.2) is 8.78 Å². The largest absolute Gasteiger partial charge is 0.320 e. The fraction of sp³-hybridized carbons (Fsp3) is 0.286. The Bertz CT molecular complexity index is 364. The molecule has 0 spiro atoms. The molecule has 0 amide bonds. The molecule has 0 saturated carbocycles. The maximum Gasteiger partial charge on any atom is 0.278 e. The normalized spacial score (nSPS) is 10.8. The summed E-state index contributed by atoms with van der Waals surface area (Å²) in [6.07, 6.45) is -2.75. The summed E-state index contributed by atoms with van der Waals surface area (Å²) in [4.78, 5) is 12.8. The third-order valence-electron chi connectivity index (χ3n) is 1.47. The molecule has 0 unspecified atom stereocenters. The molecule has 0 aliphatic heterocycles. The number of rotatable bonds is 2. The van der Waals surface area contributed by atoms with Crippen LogP contribution >= 0.6 is 23.2 Å². The highest BCUT2D eigenvalue weighted by Crippen LogP contribution is 2.22. The molecule has 1 rings (SSSR count). The molecule has 0 saturated heterocycles. The molecule has 1 aromatic rings. The number of H-pyrrole nitrogens is 1. The van der Waals surface area contributed by atoms with E-state index in [1.807, 2.05) is 4.98 Å². The lowest BCUT2D eigenvalue weighted by atomic mass is 10.2. The van der Waals surface area contributed by atoms with Gasteiger partial charge in [0.25, 0.3) is 12.0 Å². The maximum atomic E-state index is 12.3. The standard InChI is InChI=1S/C7H5Cl2F2NO/c8-2-3-1-4(9)7(13)12-5(3)6(10)11/h1,6H,2H2,(H,12,13). The lowest BCUT2D eigenvalue weighted by Crippen LogP contribution is -2.12. The average molecular weight is 228 g/mol. The van der Waals surface area contributed by atoms with Crippen LogP contribution in [0.15, 0.2) is 10.9 Å². The highest BCUT2D eigenvalue weighted by atomic mass is 35.5. The topological polar surface area (TPSA) is 32.9 Å². The number of hydrogen-bond donors (Lipinski definition) is 1. The molecule has 2 nitrogen and oxygen atoms in total. The quantitative estimate of drug-likeness (QED) is 0.775. The van der Waals surface area contributed by atoms with Crippen molar-refractivity contribution in [3.8, 4) is 0 Å². The minimum atomic E-state index is -2.75. The second-order valence-electron chi connectivity index (χ2n) is 2.32. The number of nitrogens with one attached hydrogen (secondary N) is 1. The van der Waals surface area contributed by atoms with Crippen molar-refractivity contribution in [2.24, 2.45) is 0 Å². The molecule has 1 N–H and O–H groups in total. The van der Waals surface area contributed by atoms with Gasteiger partial charge < -0.3 is 4.98 Å².